The third kappa shape index (κ3) is 2.67. The SMILES string of the molecule is CCNCc1cccn1Cc1cscn1. The topological polar surface area (TPSA) is 29.9 Å². The molecule has 0 aliphatic heterocycles. The first-order valence-electron chi connectivity index (χ1n) is 5.12. The number of hydrogen-bond acceptors (Lipinski definition) is 3. The maximum absolute atomic E-state index is 4.29. The summed E-state index contributed by atoms with van der Waals surface area (Å²) in [6, 6.07) is 4.23. The largest absolute Gasteiger partial charge is 0.344 e. The molecule has 1 N–H and O–H groups in total. The molecule has 0 atom stereocenters. The van der Waals surface area contributed by atoms with Gasteiger partial charge in [-0.1, -0.05) is 6.92 Å². The maximum atomic E-state index is 4.29. The zero-order chi connectivity index (χ0) is 10.5. The number of nitrogens with one attached hydrogen (secondary N) is 1. The average molecular weight is 221 g/mol. The first kappa shape index (κ1) is 10.4. The summed E-state index contributed by atoms with van der Waals surface area (Å²) in [7, 11) is 0. The van der Waals surface area contributed by atoms with Crippen LogP contribution in [0.5, 0.6) is 0 Å². The Kier molecular flexibility index (Phi) is 3.53. The summed E-state index contributed by atoms with van der Waals surface area (Å²) in [6.45, 7) is 4.92. The van der Waals surface area contributed by atoms with Gasteiger partial charge in [0.15, 0.2) is 0 Å². The molecule has 2 rings (SSSR count). The number of rotatable bonds is 5. The van der Waals surface area contributed by atoms with E-state index in [0.717, 1.165) is 25.3 Å². The molecule has 0 amide bonds. The zero-order valence-electron chi connectivity index (χ0n) is 8.81. The molecule has 3 nitrogen and oxygen atoms in total. The van der Waals surface area contributed by atoms with Crippen LogP contribution in [-0.4, -0.2) is 16.1 Å². The van der Waals surface area contributed by atoms with E-state index in [1.54, 1.807) is 11.3 Å². The van der Waals surface area contributed by atoms with Gasteiger partial charge in [0.25, 0.3) is 0 Å². The fraction of sp³-hybridized carbons (Fsp3) is 0.364. The van der Waals surface area contributed by atoms with E-state index in [4.69, 9.17) is 0 Å². The fourth-order valence-electron chi connectivity index (χ4n) is 1.51. The lowest BCUT2D eigenvalue weighted by Crippen LogP contribution is -2.15. The van der Waals surface area contributed by atoms with Gasteiger partial charge in [-0.2, -0.15) is 0 Å². The minimum atomic E-state index is 0.872. The van der Waals surface area contributed by atoms with E-state index in [9.17, 15) is 0 Å². The van der Waals surface area contributed by atoms with Crippen LogP contribution in [0.15, 0.2) is 29.2 Å². The van der Waals surface area contributed by atoms with E-state index in [2.05, 4.69) is 45.5 Å². The van der Waals surface area contributed by atoms with Crippen molar-refractivity contribution in [3.63, 3.8) is 0 Å². The van der Waals surface area contributed by atoms with Gasteiger partial charge in [0.1, 0.15) is 0 Å². The normalized spacial score (nSPS) is 10.7. The molecule has 0 saturated carbocycles. The maximum Gasteiger partial charge on any atom is 0.0795 e. The van der Waals surface area contributed by atoms with Gasteiger partial charge >= 0.3 is 0 Å². The third-order valence-corrected chi connectivity index (χ3v) is 2.93. The summed E-state index contributed by atoms with van der Waals surface area (Å²) in [5.41, 5.74) is 4.32. The smallest absolute Gasteiger partial charge is 0.0795 e. The molecule has 80 valence electrons. The number of aromatic nitrogens is 2. The summed E-state index contributed by atoms with van der Waals surface area (Å²) in [4.78, 5) is 4.29. The fourth-order valence-corrected chi connectivity index (χ4v) is 2.06. The molecule has 2 aromatic heterocycles. The molecule has 15 heavy (non-hydrogen) atoms. The Bertz CT molecular complexity index is 392. The second kappa shape index (κ2) is 5.09. The lowest BCUT2D eigenvalue weighted by Gasteiger charge is -2.07. The van der Waals surface area contributed by atoms with E-state index in [1.807, 2.05) is 5.51 Å². The quantitative estimate of drug-likeness (QED) is 0.838. The highest BCUT2D eigenvalue weighted by Crippen LogP contribution is 2.08. The lowest BCUT2D eigenvalue weighted by atomic mass is 10.4. The van der Waals surface area contributed by atoms with Gasteiger partial charge in [-0.3, -0.25) is 0 Å². The molecule has 2 aromatic rings. The number of hydrogen-bond donors (Lipinski definition) is 1. The Hall–Kier alpha value is -1.13. The van der Waals surface area contributed by atoms with Crippen LogP contribution in [0, 0.1) is 0 Å². The van der Waals surface area contributed by atoms with E-state index in [-0.39, 0.29) is 0 Å². The molecule has 2 heterocycles. The van der Waals surface area contributed by atoms with Crippen molar-refractivity contribution < 1.29 is 0 Å². The van der Waals surface area contributed by atoms with Crippen molar-refractivity contribution in [2.75, 3.05) is 6.54 Å². The molecule has 0 aromatic carbocycles. The van der Waals surface area contributed by atoms with Crippen molar-refractivity contribution in [3.8, 4) is 0 Å². The van der Waals surface area contributed by atoms with E-state index < -0.39 is 0 Å². The van der Waals surface area contributed by atoms with E-state index in [0.29, 0.717) is 0 Å². The summed E-state index contributed by atoms with van der Waals surface area (Å²) >= 11 is 1.65. The van der Waals surface area contributed by atoms with E-state index >= 15 is 0 Å². The van der Waals surface area contributed by atoms with Gasteiger partial charge in [0.2, 0.25) is 0 Å². The third-order valence-electron chi connectivity index (χ3n) is 2.30. The Balaban J connectivity index is 2.04. The molecule has 0 saturated heterocycles. The van der Waals surface area contributed by atoms with Gasteiger partial charge < -0.3 is 9.88 Å². The van der Waals surface area contributed by atoms with Crippen molar-refractivity contribution in [3.05, 3.63) is 40.6 Å². The Morgan fingerprint density at radius 2 is 2.47 bits per heavy atom. The minimum Gasteiger partial charge on any atom is -0.344 e. The van der Waals surface area contributed by atoms with Gasteiger partial charge in [-0.05, 0) is 18.7 Å². The van der Waals surface area contributed by atoms with Crippen LogP contribution in [0.25, 0.3) is 0 Å². The average Bonchev–Trinajstić information content (AvgIpc) is 2.87. The van der Waals surface area contributed by atoms with Gasteiger partial charge in [-0.25, -0.2) is 4.98 Å². The predicted molar refractivity (Wildman–Crippen MR) is 63.0 cm³/mol. The monoisotopic (exact) mass is 221 g/mol. The lowest BCUT2D eigenvalue weighted by molar-refractivity contribution is 0.653. The van der Waals surface area contributed by atoms with Gasteiger partial charge in [0, 0.05) is 23.8 Å². The van der Waals surface area contributed by atoms with Crippen molar-refractivity contribution in [2.24, 2.45) is 0 Å². The second-order valence-electron chi connectivity index (χ2n) is 3.39. The van der Waals surface area contributed by atoms with Crippen LogP contribution >= 0.6 is 11.3 Å². The zero-order valence-corrected chi connectivity index (χ0v) is 9.63. The highest BCUT2D eigenvalue weighted by atomic mass is 32.1. The van der Waals surface area contributed by atoms with Crippen LogP contribution in [0.4, 0.5) is 0 Å². The van der Waals surface area contributed by atoms with Crippen molar-refractivity contribution in [2.45, 2.75) is 20.0 Å². The van der Waals surface area contributed by atoms with Crippen LogP contribution in [0.3, 0.4) is 0 Å². The number of thiazole rings is 1. The summed E-state index contributed by atoms with van der Waals surface area (Å²) in [5, 5.41) is 5.43. The molecule has 0 radical (unpaired) electrons. The molecule has 0 spiro atoms. The van der Waals surface area contributed by atoms with Gasteiger partial charge in [0.05, 0.1) is 17.7 Å². The molecule has 0 unspecified atom stereocenters. The molecular formula is C11H15N3S. The number of nitrogens with zero attached hydrogens (tertiary/aromatic N) is 2. The van der Waals surface area contributed by atoms with E-state index in [1.165, 1.54) is 5.69 Å². The summed E-state index contributed by atoms with van der Waals surface area (Å²) in [6.07, 6.45) is 2.10. The first-order chi connectivity index (χ1) is 7.40. The highest BCUT2D eigenvalue weighted by Gasteiger charge is 2.01. The van der Waals surface area contributed by atoms with Crippen LogP contribution in [0.2, 0.25) is 0 Å². The van der Waals surface area contributed by atoms with Crippen molar-refractivity contribution in [1.82, 2.24) is 14.9 Å². The predicted octanol–water partition coefficient (Wildman–Crippen LogP) is 2.10. The second-order valence-corrected chi connectivity index (χ2v) is 4.11. The van der Waals surface area contributed by atoms with Crippen molar-refractivity contribution >= 4 is 11.3 Å². The molecular weight excluding hydrogens is 206 g/mol. The van der Waals surface area contributed by atoms with Crippen LogP contribution in [0.1, 0.15) is 18.3 Å². The summed E-state index contributed by atoms with van der Waals surface area (Å²) < 4.78 is 2.23. The Morgan fingerprint density at radius 1 is 1.53 bits per heavy atom. The van der Waals surface area contributed by atoms with Crippen molar-refractivity contribution in [1.29, 1.82) is 0 Å². The molecule has 0 aliphatic rings. The standard InChI is InChI=1S/C11H15N3S/c1-2-12-6-11-4-3-5-14(11)7-10-8-15-9-13-10/h3-5,8-9,12H,2,6-7H2,1H3. The molecule has 0 bridgehead atoms. The molecule has 4 heteroatoms. The highest BCUT2D eigenvalue weighted by molar-refractivity contribution is 7.07. The molecule has 0 fully saturated rings. The van der Waals surface area contributed by atoms with Crippen LogP contribution < -0.4 is 5.32 Å². The Morgan fingerprint density at radius 3 is 3.20 bits per heavy atom. The molecule has 0 aliphatic carbocycles. The minimum absolute atomic E-state index is 0.872. The Labute approximate surface area is 93.8 Å². The summed E-state index contributed by atoms with van der Waals surface area (Å²) in [5.74, 6) is 0. The van der Waals surface area contributed by atoms with Crippen LogP contribution in [-0.2, 0) is 13.1 Å². The first-order valence-corrected chi connectivity index (χ1v) is 6.06. The van der Waals surface area contributed by atoms with Gasteiger partial charge in [-0.15, -0.1) is 11.3 Å².